The number of Topliss-reactive ketones (excluding diaryl/α,β-unsaturated/α-hetero) is 1. The number of carbonyl (C=O) groups is 2. The van der Waals surface area contributed by atoms with Gasteiger partial charge in [0.05, 0.1) is 12.8 Å². The van der Waals surface area contributed by atoms with Crippen LogP contribution in [0.15, 0.2) is 18.2 Å². The number of nitrogens with zero attached hydrogens (tertiary/aromatic N) is 1. The molecule has 0 N–H and O–H groups in total. The van der Waals surface area contributed by atoms with Crippen LogP contribution in [-0.4, -0.2) is 38.7 Å². The van der Waals surface area contributed by atoms with E-state index >= 15 is 0 Å². The Balaban J connectivity index is 0. The van der Waals surface area contributed by atoms with E-state index in [1.807, 2.05) is 0 Å². The van der Waals surface area contributed by atoms with Crippen molar-refractivity contribution in [1.29, 1.82) is 0 Å². The van der Waals surface area contributed by atoms with E-state index < -0.39 is 20.1 Å². The summed E-state index contributed by atoms with van der Waals surface area (Å²) >= 11 is 0. The largest absolute Gasteiger partial charge is 0.464 e. The lowest BCUT2D eigenvalue weighted by molar-refractivity contribution is -0.146. The summed E-state index contributed by atoms with van der Waals surface area (Å²) in [5, 5.41) is 0. The Kier molecular flexibility index (Phi) is 10.6. The maximum atomic E-state index is 11.4. The molecule has 0 rings (SSSR count). The SMILES string of the molecule is C=C.CCOC(=O)C(N=CC#C[Si](C)(C)C)C(C)=O. The van der Waals surface area contributed by atoms with E-state index in [0.29, 0.717) is 0 Å². The van der Waals surface area contributed by atoms with Gasteiger partial charge in [-0.2, -0.15) is 0 Å². The summed E-state index contributed by atoms with van der Waals surface area (Å²) in [7, 11) is -1.45. The third kappa shape index (κ3) is 11.2. The molecule has 0 aromatic heterocycles. The van der Waals surface area contributed by atoms with Crippen molar-refractivity contribution in [2.75, 3.05) is 6.61 Å². The van der Waals surface area contributed by atoms with E-state index in [-0.39, 0.29) is 12.4 Å². The molecule has 0 aromatic rings. The Labute approximate surface area is 117 Å². The Morgan fingerprint density at radius 1 is 1.37 bits per heavy atom. The normalized spacial score (nSPS) is 11.6. The highest BCUT2D eigenvalue weighted by atomic mass is 28.3. The molecule has 0 saturated heterocycles. The van der Waals surface area contributed by atoms with Crippen LogP contribution in [0.4, 0.5) is 0 Å². The maximum Gasteiger partial charge on any atom is 0.338 e. The molecule has 0 bridgehead atoms. The van der Waals surface area contributed by atoms with Gasteiger partial charge in [0.1, 0.15) is 8.07 Å². The van der Waals surface area contributed by atoms with Crippen molar-refractivity contribution < 1.29 is 14.3 Å². The van der Waals surface area contributed by atoms with Gasteiger partial charge in [0, 0.05) is 0 Å². The van der Waals surface area contributed by atoms with E-state index in [4.69, 9.17) is 4.74 Å². The summed E-state index contributed by atoms with van der Waals surface area (Å²) in [6.07, 6.45) is 1.32. The minimum Gasteiger partial charge on any atom is -0.464 e. The molecule has 19 heavy (non-hydrogen) atoms. The molecule has 1 unspecified atom stereocenters. The van der Waals surface area contributed by atoms with Crippen molar-refractivity contribution in [1.82, 2.24) is 0 Å². The monoisotopic (exact) mass is 281 g/mol. The van der Waals surface area contributed by atoms with Crippen molar-refractivity contribution in [2.24, 2.45) is 4.99 Å². The summed E-state index contributed by atoms with van der Waals surface area (Å²) in [5.41, 5.74) is 3.06. The molecular formula is C14H23NO3Si. The smallest absolute Gasteiger partial charge is 0.338 e. The first kappa shape index (κ1) is 19.7. The first-order valence-electron chi connectivity index (χ1n) is 5.99. The first-order valence-corrected chi connectivity index (χ1v) is 9.49. The number of hydrogen-bond donors (Lipinski definition) is 0. The molecule has 0 aliphatic carbocycles. The van der Waals surface area contributed by atoms with Crippen molar-refractivity contribution in [3.05, 3.63) is 13.2 Å². The van der Waals surface area contributed by atoms with Crippen LogP contribution in [0.2, 0.25) is 19.6 Å². The lowest BCUT2D eigenvalue weighted by Crippen LogP contribution is -2.28. The van der Waals surface area contributed by atoms with E-state index in [9.17, 15) is 9.59 Å². The Hall–Kier alpha value is -1.67. The zero-order chi connectivity index (χ0) is 15.5. The van der Waals surface area contributed by atoms with Crippen LogP contribution < -0.4 is 0 Å². The van der Waals surface area contributed by atoms with Crippen molar-refractivity contribution in [3.8, 4) is 11.5 Å². The van der Waals surface area contributed by atoms with Crippen LogP contribution in [0, 0.1) is 11.5 Å². The second kappa shape index (κ2) is 10.3. The van der Waals surface area contributed by atoms with Gasteiger partial charge in [-0.15, -0.1) is 18.7 Å². The van der Waals surface area contributed by atoms with E-state index in [1.54, 1.807) is 6.92 Å². The standard InChI is InChI=1S/C12H19NO3Si.C2H4/c1-6-16-12(15)11(10(2)14)13-8-7-9-17(3,4)5;1-2/h8,11H,6H2,1-5H3;1-2H2. The third-order valence-electron chi connectivity index (χ3n) is 1.63. The molecule has 1 atom stereocenters. The molecule has 0 aliphatic heterocycles. The first-order chi connectivity index (χ1) is 8.78. The molecule has 4 nitrogen and oxygen atoms in total. The van der Waals surface area contributed by atoms with Gasteiger partial charge in [-0.25, -0.2) is 4.79 Å². The average Bonchev–Trinajstić information content (AvgIpc) is 2.29. The van der Waals surface area contributed by atoms with Crippen LogP contribution in [0.5, 0.6) is 0 Å². The molecule has 0 amide bonds. The molecule has 106 valence electrons. The van der Waals surface area contributed by atoms with Crippen LogP contribution in [0.3, 0.4) is 0 Å². The number of aliphatic imine (C=N–C) groups is 1. The average molecular weight is 281 g/mol. The number of esters is 1. The maximum absolute atomic E-state index is 11.4. The van der Waals surface area contributed by atoms with Gasteiger partial charge in [-0.3, -0.25) is 9.79 Å². The summed E-state index contributed by atoms with van der Waals surface area (Å²) in [6, 6.07) is -1.08. The Morgan fingerprint density at radius 3 is 2.26 bits per heavy atom. The molecule has 0 radical (unpaired) electrons. The number of carbonyl (C=O) groups excluding carboxylic acids is 2. The minimum atomic E-state index is -1.45. The van der Waals surface area contributed by atoms with Gasteiger partial charge in [-0.05, 0) is 13.8 Å². The van der Waals surface area contributed by atoms with Crippen LogP contribution in [0.25, 0.3) is 0 Å². The molecule has 0 spiro atoms. The predicted molar refractivity (Wildman–Crippen MR) is 82.0 cm³/mol. The van der Waals surface area contributed by atoms with Crippen molar-refractivity contribution in [3.63, 3.8) is 0 Å². The molecule has 5 heteroatoms. The van der Waals surface area contributed by atoms with E-state index in [2.05, 4.69) is 49.3 Å². The van der Waals surface area contributed by atoms with Crippen LogP contribution in [-0.2, 0) is 14.3 Å². The summed E-state index contributed by atoms with van der Waals surface area (Å²) in [4.78, 5) is 26.4. The third-order valence-corrected chi connectivity index (χ3v) is 2.52. The summed E-state index contributed by atoms with van der Waals surface area (Å²) in [6.45, 7) is 15.5. The fourth-order valence-electron chi connectivity index (χ4n) is 0.914. The number of ether oxygens (including phenoxy) is 1. The fraction of sp³-hybridized carbons (Fsp3) is 0.500. The van der Waals surface area contributed by atoms with Gasteiger partial charge in [-0.1, -0.05) is 25.6 Å². The lowest BCUT2D eigenvalue weighted by atomic mass is 10.2. The lowest BCUT2D eigenvalue weighted by Gasteiger charge is -2.06. The van der Waals surface area contributed by atoms with Crippen LogP contribution >= 0.6 is 0 Å². The molecule has 0 aliphatic rings. The topological polar surface area (TPSA) is 55.7 Å². The van der Waals surface area contributed by atoms with Gasteiger partial charge < -0.3 is 4.74 Å². The molecule has 0 heterocycles. The summed E-state index contributed by atoms with van der Waals surface area (Å²) < 4.78 is 4.75. The molecular weight excluding hydrogens is 258 g/mol. The predicted octanol–water partition coefficient (Wildman–Crippen LogP) is 2.26. The highest BCUT2D eigenvalue weighted by molar-refractivity contribution is 6.84. The minimum absolute atomic E-state index is 0.235. The summed E-state index contributed by atoms with van der Waals surface area (Å²) in [5.74, 6) is 1.81. The number of rotatable bonds is 4. The zero-order valence-electron chi connectivity index (χ0n) is 12.4. The van der Waals surface area contributed by atoms with E-state index in [0.717, 1.165) is 0 Å². The van der Waals surface area contributed by atoms with Gasteiger partial charge in [0.2, 0.25) is 6.04 Å². The van der Waals surface area contributed by atoms with E-state index in [1.165, 1.54) is 13.1 Å². The quantitative estimate of drug-likeness (QED) is 0.198. The fourth-order valence-corrected chi connectivity index (χ4v) is 1.41. The highest BCUT2D eigenvalue weighted by Gasteiger charge is 2.22. The number of hydrogen-bond acceptors (Lipinski definition) is 4. The van der Waals surface area contributed by atoms with Crippen molar-refractivity contribution in [2.45, 2.75) is 39.5 Å². The molecule has 0 fully saturated rings. The van der Waals surface area contributed by atoms with Gasteiger partial charge in [0.15, 0.2) is 5.78 Å². The zero-order valence-corrected chi connectivity index (χ0v) is 13.4. The second-order valence-electron chi connectivity index (χ2n) is 4.56. The number of ketones is 1. The molecule has 0 aromatic carbocycles. The highest BCUT2D eigenvalue weighted by Crippen LogP contribution is 1.98. The Morgan fingerprint density at radius 2 is 1.89 bits per heavy atom. The van der Waals surface area contributed by atoms with Crippen LogP contribution in [0.1, 0.15) is 13.8 Å². The Bertz CT molecular complexity index is 386. The van der Waals surface area contributed by atoms with Gasteiger partial charge >= 0.3 is 5.97 Å². The second-order valence-corrected chi connectivity index (χ2v) is 9.31. The van der Waals surface area contributed by atoms with Gasteiger partial charge in [0.25, 0.3) is 0 Å². The molecule has 0 saturated carbocycles. The van der Waals surface area contributed by atoms with Crippen molar-refractivity contribution >= 4 is 26.0 Å².